The summed E-state index contributed by atoms with van der Waals surface area (Å²) in [5.74, 6) is -0.512. The number of hydrogen-bond acceptors (Lipinski definition) is 3. The van der Waals surface area contributed by atoms with E-state index >= 15 is 0 Å². The quantitative estimate of drug-likeness (QED) is 0.678. The summed E-state index contributed by atoms with van der Waals surface area (Å²) in [6.07, 6.45) is 2.36. The van der Waals surface area contributed by atoms with E-state index in [1.807, 2.05) is 26.0 Å². The van der Waals surface area contributed by atoms with Crippen molar-refractivity contribution in [1.82, 2.24) is 4.98 Å². The number of benzene rings is 1. The van der Waals surface area contributed by atoms with Gasteiger partial charge in [0.15, 0.2) is 6.29 Å². The average molecular weight is 259 g/mol. The Morgan fingerprint density at radius 3 is 2.42 bits per heavy atom. The molecule has 0 amide bonds. The number of H-pyrrole nitrogens is 1. The van der Waals surface area contributed by atoms with Crippen molar-refractivity contribution >= 4 is 23.2 Å². The van der Waals surface area contributed by atoms with Crippen molar-refractivity contribution in [3.8, 4) is 0 Å². The van der Waals surface area contributed by atoms with Crippen LogP contribution in [0.3, 0.4) is 0 Å². The predicted octanol–water partition coefficient (Wildman–Crippen LogP) is 2.89. The van der Waals surface area contributed by atoms with Crippen molar-refractivity contribution in [3.63, 3.8) is 0 Å². The topological polar surface area (TPSA) is 59.2 Å². The number of nitrogens with one attached hydrogen (secondary N) is 1. The Kier molecular flexibility index (Phi) is 3.69. The number of aryl methyl sites for hydroxylation is 2. The predicted molar refractivity (Wildman–Crippen MR) is 73.8 cm³/mol. The van der Waals surface area contributed by atoms with E-state index < -0.39 is 5.97 Å². The van der Waals surface area contributed by atoms with Gasteiger partial charge in [0, 0.05) is 5.39 Å². The van der Waals surface area contributed by atoms with Gasteiger partial charge in [-0.3, -0.25) is 4.79 Å². The summed E-state index contributed by atoms with van der Waals surface area (Å²) in [5, 5.41) is 0.845. The number of esters is 1. The first-order chi connectivity index (χ1) is 9.17. The van der Waals surface area contributed by atoms with Gasteiger partial charge in [-0.25, -0.2) is 4.79 Å². The number of hydrogen-bond donors (Lipinski definition) is 1. The van der Waals surface area contributed by atoms with Crippen molar-refractivity contribution in [2.24, 2.45) is 0 Å². The molecule has 19 heavy (non-hydrogen) atoms. The SMILES string of the molecule is CCc1ccc(CC)c2c(C=O)c(C(=O)OC)[nH]c12. The number of carbonyl (C=O) groups is 2. The molecule has 2 rings (SSSR count). The lowest BCUT2D eigenvalue weighted by atomic mass is 9.99. The summed E-state index contributed by atoms with van der Waals surface area (Å²) >= 11 is 0. The smallest absolute Gasteiger partial charge is 0.355 e. The highest BCUT2D eigenvalue weighted by atomic mass is 16.5. The summed E-state index contributed by atoms with van der Waals surface area (Å²) < 4.78 is 4.73. The Hall–Kier alpha value is -2.10. The van der Waals surface area contributed by atoms with Crippen LogP contribution in [0, 0.1) is 0 Å². The van der Waals surface area contributed by atoms with Gasteiger partial charge in [0.1, 0.15) is 5.69 Å². The number of ether oxygens (including phenoxy) is 1. The number of carbonyl (C=O) groups excluding carboxylic acids is 2. The van der Waals surface area contributed by atoms with E-state index in [4.69, 9.17) is 4.74 Å². The second kappa shape index (κ2) is 5.26. The molecule has 4 heteroatoms. The second-order valence-electron chi connectivity index (χ2n) is 4.36. The van der Waals surface area contributed by atoms with Gasteiger partial charge in [0.05, 0.1) is 18.2 Å². The molecule has 1 N–H and O–H groups in total. The highest BCUT2D eigenvalue weighted by Crippen LogP contribution is 2.29. The van der Waals surface area contributed by atoms with Crippen LogP contribution in [-0.4, -0.2) is 24.3 Å². The Balaban J connectivity index is 2.87. The number of fused-ring (bicyclic) bond motifs is 1. The van der Waals surface area contributed by atoms with Crippen LogP contribution in [0.15, 0.2) is 12.1 Å². The lowest BCUT2D eigenvalue weighted by Gasteiger charge is -2.04. The van der Waals surface area contributed by atoms with E-state index in [0.717, 1.165) is 41.2 Å². The fraction of sp³-hybridized carbons (Fsp3) is 0.333. The molecule has 0 saturated heterocycles. The zero-order chi connectivity index (χ0) is 14.0. The minimum Gasteiger partial charge on any atom is -0.464 e. The largest absolute Gasteiger partial charge is 0.464 e. The van der Waals surface area contributed by atoms with Crippen LogP contribution in [0.4, 0.5) is 0 Å². The fourth-order valence-electron chi connectivity index (χ4n) is 2.43. The first kappa shape index (κ1) is 13.3. The lowest BCUT2D eigenvalue weighted by Crippen LogP contribution is -2.04. The molecule has 0 unspecified atom stereocenters. The molecule has 0 bridgehead atoms. The van der Waals surface area contributed by atoms with Crippen LogP contribution in [0.1, 0.15) is 45.8 Å². The van der Waals surface area contributed by atoms with Crippen molar-refractivity contribution in [2.45, 2.75) is 26.7 Å². The third kappa shape index (κ3) is 2.03. The molecular formula is C15H17NO3. The number of methoxy groups -OCH3 is 1. The van der Waals surface area contributed by atoms with Crippen LogP contribution >= 0.6 is 0 Å². The molecule has 4 nitrogen and oxygen atoms in total. The molecule has 0 aliphatic carbocycles. The minimum absolute atomic E-state index is 0.239. The first-order valence-corrected chi connectivity index (χ1v) is 6.37. The molecule has 2 aromatic rings. The van der Waals surface area contributed by atoms with Crippen LogP contribution in [-0.2, 0) is 17.6 Å². The van der Waals surface area contributed by atoms with Crippen LogP contribution in [0.2, 0.25) is 0 Å². The van der Waals surface area contributed by atoms with Gasteiger partial charge < -0.3 is 9.72 Å². The van der Waals surface area contributed by atoms with Crippen molar-refractivity contribution in [2.75, 3.05) is 7.11 Å². The number of aromatic amines is 1. The molecule has 0 spiro atoms. The van der Waals surface area contributed by atoms with Gasteiger partial charge >= 0.3 is 5.97 Å². The van der Waals surface area contributed by atoms with Crippen LogP contribution in [0.25, 0.3) is 10.9 Å². The summed E-state index contributed by atoms with van der Waals surface area (Å²) in [6.45, 7) is 4.07. The van der Waals surface area contributed by atoms with E-state index in [0.29, 0.717) is 5.56 Å². The molecule has 0 aliphatic heterocycles. The van der Waals surface area contributed by atoms with Gasteiger partial charge in [-0.2, -0.15) is 0 Å². The van der Waals surface area contributed by atoms with Gasteiger partial charge in [-0.15, -0.1) is 0 Å². The highest BCUT2D eigenvalue weighted by Gasteiger charge is 2.20. The van der Waals surface area contributed by atoms with Gasteiger partial charge in [0.2, 0.25) is 0 Å². The van der Waals surface area contributed by atoms with Crippen molar-refractivity contribution < 1.29 is 14.3 Å². The molecular weight excluding hydrogens is 242 g/mol. The molecule has 0 saturated carbocycles. The van der Waals surface area contributed by atoms with E-state index in [2.05, 4.69) is 4.98 Å². The first-order valence-electron chi connectivity index (χ1n) is 6.37. The number of rotatable bonds is 4. The van der Waals surface area contributed by atoms with Gasteiger partial charge in [0.25, 0.3) is 0 Å². The maximum absolute atomic E-state index is 11.7. The van der Waals surface area contributed by atoms with Crippen molar-refractivity contribution in [1.29, 1.82) is 0 Å². The normalized spacial score (nSPS) is 10.7. The molecule has 0 radical (unpaired) electrons. The monoisotopic (exact) mass is 259 g/mol. The number of aldehydes is 1. The Labute approximate surface area is 111 Å². The van der Waals surface area contributed by atoms with E-state index in [1.165, 1.54) is 7.11 Å². The molecule has 1 heterocycles. The third-order valence-corrected chi connectivity index (χ3v) is 3.44. The summed E-state index contributed by atoms with van der Waals surface area (Å²) in [4.78, 5) is 26.2. The lowest BCUT2D eigenvalue weighted by molar-refractivity contribution is 0.0593. The molecule has 0 atom stereocenters. The summed E-state index contributed by atoms with van der Waals surface area (Å²) in [7, 11) is 1.31. The zero-order valence-electron chi connectivity index (χ0n) is 11.4. The van der Waals surface area contributed by atoms with Crippen LogP contribution < -0.4 is 0 Å². The zero-order valence-corrected chi connectivity index (χ0v) is 11.4. The minimum atomic E-state index is -0.512. The average Bonchev–Trinajstić information content (AvgIpc) is 2.84. The Morgan fingerprint density at radius 2 is 1.89 bits per heavy atom. The Morgan fingerprint density at radius 1 is 1.26 bits per heavy atom. The summed E-state index contributed by atoms with van der Waals surface area (Å²) in [6, 6.07) is 4.05. The van der Waals surface area contributed by atoms with E-state index in [1.54, 1.807) is 0 Å². The molecule has 1 aromatic heterocycles. The maximum Gasteiger partial charge on any atom is 0.355 e. The third-order valence-electron chi connectivity index (χ3n) is 3.44. The second-order valence-corrected chi connectivity index (χ2v) is 4.36. The molecule has 0 aliphatic rings. The molecule has 0 fully saturated rings. The van der Waals surface area contributed by atoms with Crippen LogP contribution in [0.5, 0.6) is 0 Å². The number of aromatic nitrogens is 1. The van der Waals surface area contributed by atoms with Gasteiger partial charge in [-0.05, 0) is 24.0 Å². The summed E-state index contributed by atoms with van der Waals surface area (Å²) in [5.41, 5.74) is 3.65. The maximum atomic E-state index is 11.7. The highest BCUT2D eigenvalue weighted by molar-refractivity contribution is 6.09. The molecule has 1 aromatic carbocycles. The van der Waals surface area contributed by atoms with Crippen molar-refractivity contribution in [3.05, 3.63) is 34.5 Å². The fourth-order valence-corrected chi connectivity index (χ4v) is 2.43. The van der Waals surface area contributed by atoms with E-state index in [-0.39, 0.29) is 5.69 Å². The molecule has 100 valence electrons. The standard InChI is InChI=1S/C15H17NO3/c1-4-9-6-7-10(5-2)13-12(9)11(8-17)14(16-13)15(18)19-3/h6-8,16H,4-5H2,1-3H3. The van der Waals surface area contributed by atoms with Gasteiger partial charge in [-0.1, -0.05) is 26.0 Å². The van der Waals surface area contributed by atoms with E-state index in [9.17, 15) is 9.59 Å². The Bertz CT molecular complexity index is 640.